The molecule has 0 bridgehead atoms. The molecule has 0 unspecified atom stereocenters. The number of benzene rings is 3. The number of hydrogen-bond acceptors (Lipinski definition) is 4. The SMILES string of the molecule is Cc1ccc(CN2C(=O)C(Nc3cccc(OC(F)(F)F)c3)=C(c3ccc(C)cc3)C2=O)cc1. The average molecular weight is 466 g/mol. The second-order valence-corrected chi connectivity index (χ2v) is 8.00. The van der Waals surface area contributed by atoms with Crippen molar-refractivity contribution in [3.63, 3.8) is 0 Å². The normalized spacial score (nSPS) is 14.1. The summed E-state index contributed by atoms with van der Waals surface area (Å²) in [6, 6.07) is 19.7. The van der Waals surface area contributed by atoms with Crippen molar-refractivity contribution in [2.75, 3.05) is 5.32 Å². The predicted octanol–water partition coefficient (Wildman–Crippen LogP) is 5.59. The van der Waals surface area contributed by atoms with Crippen LogP contribution in [0.4, 0.5) is 18.9 Å². The summed E-state index contributed by atoms with van der Waals surface area (Å²) in [4.78, 5) is 27.8. The number of carbonyl (C=O) groups excluding carboxylic acids is 2. The van der Waals surface area contributed by atoms with E-state index in [0.29, 0.717) is 5.56 Å². The largest absolute Gasteiger partial charge is 0.573 e. The van der Waals surface area contributed by atoms with Gasteiger partial charge in [-0.2, -0.15) is 0 Å². The predicted molar refractivity (Wildman–Crippen MR) is 122 cm³/mol. The maximum Gasteiger partial charge on any atom is 0.573 e. The Morgan fingerprint density at radius 2 is 1.47 bits per heavy atom. The van der Waals surface area contributed by atoms with Crippen molar-refractivity contribution in [3.05, 3.63) is 101 Å². The molecular weight excluding hydrogens is 445 g/mol. The molecule has 0 atom stereocenters. The van der Waals surface area contributed by atoms with Gasteiger partial charge >= 0.3 is 6.36 Å². The van der Waals surface area contributed by atoms with Crippen LogP contribution in [-0.4, -0.2) is 23.1 Å². The van der Waals surface area contributed by atoms with Crippen molar-refractivity contribution >= 4 is 23.1 Å². The van der Waals surface area contributed by atoms with Gasteiger partial charge in [-0.05, 0) is 37.1 Å². The molecule has 0 fully saturated rings. The molecule has 0 aliphatic carbocycles. The van der Waals surface area contributed by atoms with Gasteiger partial charge in [-0.3, -0.25) is 14.5 Å². The van der Waals surface area contributed by atoms with Crippen LogP contribution >= 0.6 is 0 Å². The number of hydrogen-bond donors (Lipinski definition) is 1. The van der Waals surface area contributed by atoms with E-state index >= 15 is 0 Å². The average Bonchev–Trinajstić information content (AvgIpc) is 2.99. The molecular formula is C26H21F3N2O3. The van der Waals surface area contributed by atoms with Crippen molar-refractivity contribution in [1.82, 2.24) is 4.90 Å². The highest BCUT2D eigenvalue weighted by molar-refractivity contribution is 6.36. The zero-order valence-corrected chi connectivity index (χ0v) is 18.4. The fourth-order valence-corrected chi connectivity index (χ4v) is 3.61. The molecule has 0 aromatic heterocycles. The lowest BCUT2D eigenvalue weighted by Gasteiger charge is -2.16. The molecule has 4 rings (SSSR count). The van der Waals surface area contributed by atoms with Crippen LogP contribution < -0.4 is 10.1 Å². The number of carbonyl (C=O) groups is 2. The number of ether oxygens (including phenoxy) is 1. The van der Waals surface area contributed by atoms with Crippen molar-refractivity contribution < 1.29 is 27.5 Å². The van der Waals surface area contributed by atoms with Gasteiger partial charge in [0.05, 0.1) is 12.1 Å². The highest BCUT2D eigenvalue weighted by Crippen LogP contribution is 2.33. The number of anilines is 1. The van der Waals surface area contributed by atoms with E-state index < -0.39 is 23.9 Å². The lowest BCUT2D eigenvalue weighted by Crippen LogP contribution is -2.32. The molecule has 5 nitrogen and oxygen atoms in total. The Kier molecular flexibility index (Phi) is 6.15. The Morgan fingerprint density at radius 1 is 0.853 bits per heavy atom. The molecule has 0 saturated carbocycles. The Morgan fingerprint density at radius 3 is 2.09 bits per heavy atom. The number of halogens is 3. The molecule has 1 aliphatic rings. The second kappa shape index (κ2) is 9.05. The van der Waals surface area contributed by atoms with Crippen molar-refractivity contribution in [3.8, 4) is 5.75 Å². The number of alkyl halides is 3. The van der Waals surface area contributed by atoms with Crippen LogP contribution in [0.3, 0.4) is 0 Å². The minimum atomic E-state index is -4.85. The van der Waals surface area contributed by atoms with Crippen molar-refractivity contribution in [2.24, 2.45) is 0 Å². The van der Waals surface area contributed by atoms with Crippen LogP contribution in [0.2, 0.25) is 0 Å². The number of nitrogens with one attached hydrogen (secondary N) is 1. The Bertz CT molecular complexity index is 1260. The molecule has 1 aliphatic heterocycles. The topological polar surface area (TPSA) is 58.6 Å². The second-order valence-electron chi connectivity index (χ2n) is 8.00. The quantitative estimate of drug-likeness (QED) is 0.481. The molecule has 0 spiro atoms. The van der Waals surface area contributed by atoms with Crippen LogP contribution in [0.5, 0.6) is 5.75 Å². The highest BCUT2D eigenvalue weighted by atomic mass is 19.4. The van der Waals surface area contributed by atoms with Crippen molar-refractivity contribution in [2.45, 2.75) is 26.8 Å². The third-order valence-electron chi connectivity index (χ3n) is 5.31. The Balaban J connectivity index is 1.70. The molecule has 0 saturated heterocycles. The lowest BCUT2D eigenvalue weighted by atomic mass is 10.0. The van der Waals surface area contributed by atoms with E-state index in [1.807, 2.05) is 50.2 Å². The summed E-state index contributed by atoms with van der Waals surface area (Å²) >= 11 is 0. The van der Waals surface area contributed by atoms with E-state index in [9.17, 15) is 22.8 Å². The summed E-state index contributed by atoms with van der Waals surface area (Å²) in [5, 5.41) is 2.86. The monoisotopic (exact) mass is 466 g/mol. The lowest BCUT2D eigenvalue weighted by molar-refractivity contribution is -0.274. The van der Waals surface area contributed by atoms with Crippen LogP contribution in [0.25, 0.3) is 5.57 Å². The van der Waals surface area contributed by atoms with Gasteiger partial charge in [0.2, 0.25) is 0 Å². The van der Waals surface area contributed by atoms with E-state index in [1.54, 1.807) is 12.1 Å². The summed E-state index contributed by atoms with van der Waals surface area (Å²) in [5.74, 6) is -1.49. The molecule has 3 aromatic rings. The number of imide groups is 1. The maximum absolute atomic E-state index is 13.4. The summed E-state index contributed by atoms with van der Waals surface area (Å²) in [6.45, 7) is 3.90. The minimum Gasteiger partial charge on any atom is -0.406 e. The third kappa shape index (κ3) is 5.11. The molecule has 0 radical (unpaired) electrons. The van der Waals surface area contributed by atoms with Gasteiger partial charge in [-0.15, -0.1) is 13.2 Å². The standard InChI is InChI=1S/C26H21F3N2O3/c1-16-6-10-18(11-7-16)15-31-24(32)22(19-12-8-17(2)9-13-19)23(25(31)33)30-20-4-3-5-21(14-20)34-26(27,28)29/h3-14,30H,15H2,1-2H3. The van der Waals surface area contributed by atoms with Crippen LogP contribution in [-0.2, 0) is 16.1 Å². The summed E-state index contributed by atoms with van der Waals surface area (Å²) < 4.78 is 41.9. The Labute approximate surface area is 194 Å². The number of aryl methyl sites for hydroxylation is 2. The van der Waals surface area contributed by atoms with Gasteiger partial charge in [0.15, 0.2) is 0 Å². The number of rotatable bonds is 6. The Hall–Kier alpha value is -4.07. The fourth-order valence-electron chi connectivity index (χ4n) is 3.61. The maximum atomic E-state index is 13.4. The third-order valence-corrected chi connectivity index (χ3v) is 5.31. The van der Waals surface area contributed by atoms with Crippen LogP contribution in [0.15, 0.2) is 78.5 Å². The molecule has 8 heteroatoms. The first-order valence-electron chi connectivity index (χ1n) is 10.5. The highest BCUT2D eigenvalue weighted by Gasteiger charge is 2.39. The fraction of sp³-hybridized carbons (Fsp3) is 0.154. The number of amides is 2. The summed E-state index contributed by atoms with van der Waals surface area (Å²) in [5.41, 5.74) is 3.65. The van der Waals surface area contributed by atoms with E-state index in [-0.39, 0.29) is 23.5 Å². The molecule has 174 valence electrons. The first kappa shape index (κ1) is 23.1. The van der Waals surface area contributed by atoms with Gasteiger partial charge in [0.25, 0.3) is 11.8 Å². The van der Waals surface area contributed by atoms with Gasteiger partial charge in [-0.25, -0.2) is 0 Å². The van der Waals surface area contributed by atoms with E-state index in [1.165, 1.54) is 12.1 Å². The molecule has 2 amide bonds. The first-order valence-corrected chi connectivity index (χ1v) is 10.5. The molecule has 1 N–H and O–H groups in total. The van der Waals surface area contributed by atoms with E-state index in [4.69, 9.17) is 0 Å². The number of nitrogens with zero attached hydrogens (tertiary/aromatic N) is 1. The smallest absolute Gasteiger partial charge is 0.406 e. The van der Waals surface area contributed by atoms with Gasteiger partial charge in [0, 0.05) is 11.8 Å². The molecule has 3 aromatic carbocycles. The van der Waals surface area contributed by atoms with Gasteiger partial charge < -0.3 is 10.1 Å². The zero-order chi connectivity index (χ0) is 24.5. The first-order chi connectivity index (χ1) is 16.1. The summed E-state index contributed by atoms with van der Waals surface area (Å²) in [6.07, 6.45) is -4.85. The van der Waals surface area contributed by atoms with Crippen LogP contribution in [0.1, 0.15) is 22.3 Å². The van der Waals surface area contributed by atoms with Crippen molar-refractivity contribution in [1.29, 1.82) is 0 Å². The summed E-state index contributed by atoms with van der Waals surface area (Å²) in [7, 11) is 0. The zero-order valence-electron chi connectivity index (χ0n) is 18.4. The van der Waals surface area contributed by atoms with Gasteiger partial charge in [-0.1, -0.05) is 65.7 Å². The molecule has 1 heterocycles. The minimum absolute atomic E-state index is 0.00914. The molecule has 34 heavy (non-hydrogen) atoms. The van der Waals surface area contributed by atoms with E-state index in [2.05, 4.69) is 10.1 Å². The van der Waals surface area contributed by atoms with Crippen LogP contribution in [0, 0.1) is 13.8 Å². The van der Waals surface area contributed by atoms with Gasteiger partial charge in [0.1, 0.15) is 11.4 Å². The van der Waals surface area contributed by atoms with E-state index in [0.717, 1.165) is 33.7 Å².